The molecule has 7 nitrogen and oxygen atoms in total. The van der Waals surface area contributed by atoms with Gasteiger partial charge in [-0.3, -0.25) is 4.98 Å². The average Bonchev–Trinajstić information content (AvgIpc) is 3.54. The van der Waals surface area contributed by atoms with Crippen molar-refractivity contribution in [3.8, 4) is 11.5 Å². The number of carbonyl (C=O) groups excluding carboxylic acids is 1. The van der Waals surface area contributed by atoms with Gasteiger partial charge in [0.2, 0.25) is 11.7 Å². The van der Waals surface area contributed by atoms with Gasteiger partial charge < -0.3 is 14.7 Å². The first-order valence-corrected chi connectivity index (χ1v) is 12.2. The van der Waals surface area contributed by atoms with Gasteiger partial charge in [0.1, 0.15) is 5.69 Å². The Balaban J connectivity index is 1.17. The minimum absolute atomic E-state index is 0.0392. The van der Waals surface area contributed by atoms with Gasteiger partial charge in [-0.25, -0.2) is 4.79 Å². The Bertz CT molecular complexity index is 1040. The summed E-state index contributed by atoms with van der Waals surface area (Å²) in [5, 5.41) is 7.88. The summed E-state index contributed by atoms with van der Waals surface area (Å²) >= 11 is 1.90. The number of hydrogen-bond acceptors (Lipinski definition) is 6. The molecule has 1 aliphatic heterocycles. The second-order valence-electron chi connectivity index (χ2n) is 8.38. The van der Waals surface area contributed by atoms with Gasteiger partial charge in [-0.2, -0.15) is 4.98 Å². The van der Waals surface area contributed by atoms with Crippen molar-refractivity contribution in [2.45, 2.75) is 54.6 Å². The summed E-state index contributed by atoms with van der Waals surface area (Å²) in [6.07, 6.45) is 8.46. The number of benzene rings is 1. The second kappa shape index (κ2) is 9.73. The Hall–Kier alpha value is -2.87. The summed E-state index contributed by atoms with van der Waals surface area (Å²) in [6, 6.07) is 13.7. The van der Waals surface area contributed by atoms with Crippen LogP contribution < -0.4 is 5.32 Å². The van der Waals surface area contributed by atoms with Crippen molar-refractivity contribution >= 4 is 23.5 Å². The third-order valence-electron chi connectivity index (χ3n) is 6.19. The number of anilines is 1. The molecule has 1 N–H and O–H groups in total. The van der Waals surface area contributed by atoms with Crippen LogP contribution >= 0.6 is 11.8 Å². The van der Waals surface area contributed by atoms with Crippen LogP contribution in [-0.4, -0.2) is 44.4 Å². The standard InChI is InChI=1S/C24H27N5O2S/c30-24(26-19-9-3-4-11-21(19)32-18-7-1-2-8-18)29-15-12-17(13-16-29)23-27-22(28-31-23)20-10-5-6-14-25-20/h3-6,9-11,14,17-18H,1-2,7-8,12-13,15-16H2,(H,26,30). The molecule has 1 saturated carbocycles. The van der Waals surface area contributed by atoms with Crippen LogP contribution in [0.4, 0.5) is 10.5 Å². The third kappa shape index (κ3) is 4.80. The maximum Gasteiger partial charge on any atom is 0.321 e. The van der Waals surface area contributed by atoms with Crippen LogP contribution in [-0.2, 0) is 0 Å². The number of amides is 2. The molecule has 2 fully saturated rings. The number of nitrogens with one attached hydrogen (secondary N) is 1. The molecule has 1 aliphatic carbocycles. The van der Waals surface area contributed by atoms with Crippen molar-refractivity contribution in [3.63, 3.8) is 0 Å². The van der Waals surface area contributed by atoms with E-state index in [1.54, 1.807) is 6.20 Å². The van der Waals surface area contributed by atoms with Crippen molar-refractivity contribution in [1.82, 2.24) is 20.0 Å². The molecule has 0 unspecified atom stereocenters. The molecule has 1 aromatic carbocycles. The average molecular weight is 450 g/mol. The van der Waals surface area contributed by atoms with Crippen molar-refractivity contribution in [1.29, 1.82) is 0 Å². The molecule has 2 aromatic heterocycles. The van der Waals surface area contributed by atoms with Crippen molar-refractivity contribution in [2.24, 2.45) is 0 Å². The molecule has 3 aromatic rings. The number of piperidine rings is 1. The molecule has 0 bridgehead atoms. The Morgan fingerprint density at radius 1 is 1.03 bits per heavy atom. The van der Waals surface area contributed by atoms with E-state index in [1.807, 2.05) is 53.1 Å². The summed E-state index contributed by atoms with van der Waals surface area (Å²) in [7, 11) is 0. The first-order valence-electron chi connectivity index (χ1n) is 11.3. The lowest BCUT2D eigenvalue weighted by atomic mass is 9.97. The van der Waals surface area contributed by atoms with E-state index in [1.165, 1.54) is 25.7 Å². The fourth-order valence-electron chi connectivity index (χ4n) is 4.38. The van der Waals surface area contributed by atoms with Gasteiger partial charge in [0.25, 0.3) is 0 Å². The van der Waals surface area contributed by atoms with E-state index in [9.17, 15) is 4.79 Å². The molecular weight excluding hydrogens is 422 g/mol. The third-order valence-corrected chi connectivity index (χ3v) is 7.61. The van der Waals surface area contributed by atoms with Gasteiger partial charge in [0.15, 0.2) is 0 Å². The topological polar surface area (TPSA) is 84.2 Å². The summed E-state index contributed by atoms with van der Waals surface area (Å²) in [4.78, 5) is 24.8. The molecule has 2 amide bonds. The minimum atomic E-state index is -0.0392. The Labute approximate surface area is 192 Å². The zero-order chi connectivity index (χ0) is 21.8. The number of pyridine rings is 1. The monoisotopic (exact) mass is 449 g/mol. The van der Waals surface area contributed by atoms with E-state index in [0.29, 0.717) is 35.7 Å². The van der Waals surface area contributed by atoms with Gasteiger partial charge in [-0.1, -0.05) is 36.2 Å². The van der Waals surface area contributed by atoms with E-state index in [2.05, 4.69) is 26.5 Å². The van der Waals surface area contributed by atoms with Crippen molar-refractivity contribution < 1.29 is 9.32 Å². The summed E-state index contributed by atoms with van der Waals surface area (Å²) in [5.41, 5.74) is 1.61. The number of nitrogens with zero attached hydrogens (tertiary/aromatic N) is 4. The number of para-hydroxylation sites is 1. The molecule has 3 heterocycles. The van der Waals surface area contributed by atoms with Gasteiger partial charge in [0, 0.05) is 35.3 Å². The van der Waals surface area contributed by atoms with Crippen LogP contribution in [0.1, 0.15) is 50.3 Å². The highest BCUT2D eigenvalue weighted by Gasteiger charge is 2.28. The predicted octanol–water partition coefficient (Wildman–Crippen LogP) is 5.58. The van der Waals surface area contributed by atoms with Gasteiger partial charge in [0.05, 0.1) is 5.69 Å². The summed E-state index contributed by atoms with van der Waals surface area (Å²) in [6.45, 7) is 1.32. The van der Waals surface area contributed by atoms with E-state index < -0.39 is 0 Å². The predicted molar refractivity (Wildman–Crippen MR) is 125 cm³/mol. The lowest BCUT2D eigenvalue weighted by Crippen LogP contribution is -2.40. The van der Waals surface area contributed by atoms with Gasteiger partial charge >= 0.3 is 6.03 Å². The molecule has 0 radical (unpaired) electrons. The molecule has 32 heavy (non-hydrogen) atoms. The van der Waals surface area contributed by atoms with E-state index in [-0.39, 0.29) is 11.9 Å². The van der Waals surface area contributed by atoms with Crippen LogP contribution in [0.2, 0.25) is 0 Å². The van der Waals surface area contributed by atoms with Crippen LogP contribution in [0.15, 0.2) is 58.1 Å². The zero-order valence-corrected chi connectivity index (χ0v) is 18.8. The van der Waals surface area contributed by atoms with Gasteiger partial charge in [-0.15, -0.1) is 11.8 Å². The molecular formula is C24H27N5O2S. The smallest absolute Gasteiger partial charge is 0.321 e. The highest BCUT2D eigenvalue weighted by Crippen LogP contribution is 2.38. The number of urea groups is 1. The molecule has 5 rings (SSSR count). The van der Waals surface area contributed by atoms with Crippen molar-refractivity contribution in [3.05, 3.63) is 54.6 Å². The number of carbonyl (C=O) groups is 1. The maximum absolute atomic E-state index is 12.9. The van der Waals surface area contributed by atoms with E-state index >= 15 is 0 Å². The Morgan fingerprint density at radius 3 is 2.59 bits per heavy atom. The lowest BCUT2D eigenvalue weighted by Gasteiger charge is -2.30. The van der Waals surface area contributed by atoms with E-state index in [4.69, 9.17) is 4.52 Å². The normalized spacial score (nSPS) is 17.6. The SMILES string of the molecule is O=C(Nc1ccccc1SC1CCCC1)N1CCC(c2nc(-c3ccccn3)no2)CC1. The van der Waals surface area contributed by atoms with Crippen LogP contribution in [0.25, 0.3) is 11.5 Å². The fraction of sp³-hybridized carbons (Fsp3) is 0.417. The molecule has 1 saturated heterocycles. The number of thioether (sulfide) groups is 1. The van der Waals surface area contributed by atoms with E-state index in [0.717, 1.165) is 23.4 Å². The number of likely N-dealkylation sites (tertiary alicyclic amines) is 1. The molecule has 0 atom stereocenters. The number of rotatable bonds is 5. The maximum atomic E-state index is 12.9. The highest BCUT2D eigenvalue weighted by atomic mass is 32.2. The van der Waals surface area contributed by atoms with Crippen molar-refractivity contribution in [2.75, 3.05) is 18.4 Å². The molecule has 8 heteroatoms. The molecule has 0 spiro atoms. The molecule has 2 aliphatic rings. The van der Waals surface area contributed by atoms with Crippen LogP contribution in [0.3, 0.4) is 0 Å². The summed E-state index contributed by atoms with van der Waals surface area (Å²) in [5.74, 6) is 1.30. The first-order chi connectivity index (χ1) is 15.8. The van der Waals surface area contributed by atoms with Crippen LogP contribution in [0.5, 0.6) is 0 Å². The minimum Gasteiger partial charge on any atom is -0.339 e. The van der Waals surface area contributed by atoms with Crippen LogP contribution in [0, 0.1) is 0 Å². The first kappa shape index (κ1) is 21.0. The fourth-order valence-corrected chi connectivity index (χ4v) is 5.71. The number of hydrogen-bond donors (Lipinski definition) is 1. The second-order valence-corrected chi connectivity index (χ2v) is 9.73. The number of aromatic nitrogens is 3. The highest BCUT2D eigenvalue weighted by molar-refractivity contribution is 8.00. The Kier molecular flexibility index (Phi) is 6.39. The van der Waals surface area contributed by atoms with Gasteiger partial charge in [-0.05, 0) is 49.9 Å². The summed E-state index contributed by atoms with van der Waals surface area (Å²) < 4.78 is 5.51. The quantitative estimate of drug-likeness (QED) is 0.548. The molecule has 166 valence electrons. The lowest BCUT2D eigenvalue weighted by molar-refractivity contribution is 0.187. The zero-order valence-electron chi connectivity index (χ0n) is 17.9. The largest absolute Gasteiger partial charge is 0.339 e. The Morgan fingerprint density at radius 2 is 1.81 bits per heavy atom.